The summed E-state index contributed by atoms with van der Waals surface area (Å²) in [6, 6.07) is 10.6. The minimum absolute atomic E-state index is 0.00597. The number of aromatic nitrogens is 2. The lowest BCUT2D eigenvalue weighted by Crippen LogP contribution is -2.40. The molecule has 3 heterocycles. The smallest absolute Gasteiger partial charge is 0.268 e. The number of ether oxygens (including phenoxy) is 1. The highest BCUT2D eigenvalue weighted by molar-refractivity contribution is 7.89. The van der Waals surface area contributed by atoms with Crippen LogP contribution in [-0.4, -0.2) is 61.4 Å². The van der Waals surface area contributed by atoms with Gasteiger partial charge in [-0.1, -0.05) is 53.9 Å². The molecule has 0 aliphatic carbocycles. The van der Waals surface area contributed by atoms with Gasteiger partial charge in [0.2, 0.25) is 21.9 Å². The van der Waals surface area contributed by atoms with E-state index in [1.165, 1.54) is 11.1 Å². The molecule has 1 amide bonds. The van der Waals surface area contributed by atoms with Gasteiger partial charge in [0.1, 0.15) is 11.4 Å². The number of amides is 1. The molecule has 2 aliphatic rings. The summed E-state index contributed by atoms with van der Waals surface area (Å²) in [6.45, 7) is 3.39. The third-order valence-electron chi connectivity index (χ3n) is 6.77. The molecule has 0 atom stereocenters. The Bertz CT molecular complexity index is 1510. The quantitative estimate of drug-likeness (QED) is 0.349. The third kappa shape index (κ3) is 6.29. The number of halogens is 3. The number of carbonyl (C=O) groups excluding carboxylic acids is 1. The van der Waals surface area contributed by atoms with Gasteiger partial charge in [0.25, 0.3) is 5.91 Å². The van der Waals surface area contributed by atoms with Crippen molar-refractivity contribution in [2.45, 2.75) is 25.7 Å². The number of hydrogen-bond acceptors (Lipinski definition) is 8. The van der Waals surface area contributed by atoms with E-state index >= 15 is 0 Å². The van der Waals surface area contributed by atoms with E-state index in [4.69, 9.17) is 39.5 Å². The Labute approximate surface area is 247 Å². The number of hydrogen-bond donors (Lipinski definition) is 2. The fraction of sp³-hybridized carbons (Fsp3) is 0.346. The van der Waals surface area contributed by atoms with Gasteiger partial charge in [-0.15, -0.1) is 0 Å². The summed E-state index contributed by atoms with van der Waals surface area (Å²) in [4.78, 5) is 25.1. The zero-order valence-electron chi connectivity index (χ0n) is 21.5. The highest BCUT2D eigenvalue weighted by Gasteiger charge is 2.31. The fourth-order valence-electron chi connectivity index (χ4n) is 4.87. The standard InChI is InChI=1S/C26H27Cl3N6O4S/c1-2-31-40(37,38)15-34-10-8-16(9-11-34)18-7-6-17(12-22(18)29)32-26-30-13-19-24(33-26)39-14-35(25(19)36)23-20(27)4-3-5-21(23)28/h3-7,12-13,16,31H,2,8-11,14-15H2,1H3,(H,30,32,33). The number of rotatable bonds is 8. The van der Waals surface area contributed by atoms with Crippen LogP contribution in [0.5, 0.6) is 5.88 Å². The van der Waals surface area contributed by atoms with Crippen molar-refractivity contribution in [2.75, 3.05) is 42.5 Å². The van der Waals surface area contributed by atoms with Gasteiger partial charge < -0.3 is 10.1 Å². The maximum Gasteiger partial charge on any atom is 0.268 e. The zero-order valence-corrected chi connectivity index (χ0v) is 24.6. The molecule has 5 rings (SSSR count). The van der Waals surface area contributed by atoms with E-state index in [0.29, 0.717) is 46.1 Å². The number of likely N-dealkylation sites (tertiary alicyclic amines) is 1. The number of para-hydroxylation sites is 1. The van der Waals surface area contributed by atoms with Gasteiger partial charge in [-0.25, -0.2) is 18.1 Å². The van der Waals surface area contributed by atoms with Crippen molar-refractivity contribution >= 4 is 68.1 Å². The largest absolute Gasteiger partial charge is 0.455 e. The first-order valence-corrected chi connectivity index (χ1v) is 15.5. The fourth-order valence-corrected chi connectivity index (χ4v) is 7.08. The molecule has 0 unspecified atom stereocenters. The lowest BCUT2D eigenvalue weighted by Gasteiger charge is -2.32. The first-order valence-electron chi connectivity index (χ1n) is 12.7. The highest BCUT2D eigenvalue weighted by atomic mass is 35.5. The second-order valence-corrected chi connectivity index (χ2v) is 12.5. The summed E-state index contributed by atoms with van der Waals surface area (Å²) in [5, 5.41) is 4.37. The van der Waals surface area contributed by atoms with Crippen LogP contribution in [0.25, 0.3) is 0 Å². The van der Waals surface area contributed by atoms with E-state index in [1.807, 2.05) is 17.0 Å². The number of sulfonamides is 1. The van der Waals surface area contributed by atoms with Crippen LogP contribution in [0.15, 0.2) is 42.6 Å². The van der Waals surface area contributed by atoms with Crippen LogP contribution in [0.2, 0.25) is 15.1 Å². The average molecular weight is 626 g/mol. The molecule has 1 fully saturated rings. The molecule has 2 aromatic carbocycles. The SMILES string of the molecule is CCNS(=O)(=O)CN1CCC(c2ccc(Nc3ncc4c(n3)OCN(c3c(Cl)cccc3Cl)C4=O)cc2Cl)CC1. The summed E-state index contributed by atoms with van der Waals surface area (Å²) >= 11 is 19.2. The molecule has 10 nitrogen and oxygen atoms in total. The number of carbonyl (C=O) groups is 1. The van der Waals surface area contributed by atoms with Crippen molar-refractivity contribution in [1.82, 2.24) is 19.6 Å². The Kier molecular flexibility index (Phi) is 8.69. The van der Waals surface area contributed by atoms with Crippen LogP contribution in [0.4, 0.5) is 17.3 Å². The Hall–Kier alpha value is -2.67. The average Bonchev–Trinajstić information content (AvgIpc) is 2.90. The first kappa shape index (κ1) is 28.8. The molecule has 0 saturated carbocycles. The van der Waals surface area contributed by atoms with E-state index in [0.717, 1.165) is 18.4 Å². The van der Waals surface area contributed by atoms with E-state index in [9.17, 15) is 13.2 Å². The second kappa shape index (κ2) is 12.1. The van der Waals surface area contributed by atoms with Crippen molar-refractivity contribution in [3.05, 3.63) is 68.8 Å². The topological polar surface area (TPSA) is 117 Å². The molecule has 0 spiro atoms. The van der Waals surface area contributed by atoms with Crippen molar-refractivity contribution < 1.29 is 17.9 Å². The van der Waals surface area contributed by atoms with Gasteiger partial charge in [0.05, 0.1) is 15.7 Å². The number of nitrogens with zero attached hydrogens (tertiary/aromatic N) is 4. The van der Waals surface area contributed by atoms with Gasteiger partial charge in [-0.3, -0.25) is 14.6 Å². The number of benzene rings is 2. The Morgan fingerprint density at radius 3 is 2.48 bits per heavy atom. The van der Waals surface area contributed by atoms with Crippen LogP contribution in [0.3, 0.4) is 0 Å². The van der Waals surface area contributed by atoms with Crippen molar-refractivity contribution in [3.8, 4) is 5.88 Å². The van der Waals surface area contributed by atoms with Gasteiger partial charge in [0.15, 0.2) is 6.73 Å². The van der Waals surface area contributed by atoms with Gasteiger partial charge in [-0.2, -0.15) is 4.98 Å². The molecule has 0 radical (unpaired) electrons. The maximum absolute atomic E-state index is 13.1. The summed E-state index contributed by atoms with van der Waals surface area (Å²) in [7, 11) is -3.30. The Morgan fingerprint density at radius 1 is 1.07 bits per heavy atom. The van der Waals surface area contributed by atoms with Crippen molar-refractivity contribution in [2.24, 2.45) is 0 Å². The van der Waals surface area contributed by atoms with E-state index < -0.39 is 10.0 Å². The van der Waals surface area contributed by atoms with Crippen molar-refractivity contribution in [1.29, 1.82) is 0 Å². The van der Waals surface area contributed by atoms with Crippen LogP contribution in [-0.2, 0) is 10.0 Å². The molecule has 0 bridgehead atoms. The highest BCUT2D eigenvalue weighted by Crippen LogP contribution is 2.38. The molecular formula is C26H27Cl3N6O4S. The summed E-state index contributed by atoms with van der Waals surface area (Å²) in [6.07, 6.45) is 3.01. The van der Waals surface area contributed by atoms with Gasteiger partial charge in [0, 0.05) is 23.5 Å². The molecule has 3 aromatic rings. The molecule has 1 saturated heterocycles. The monoisotopic (exact) mass is 624 g/mol. The van der Waals surface area contributed by atoms with E-state index in [1.54, 1.807) is 31.2 Å². The van der Waals surface area contributed by atoms with Crippen molar-refractivity contribution in [3.63, 3.8) is 0 Å². The second-order valence-electron chi connectivity index (χ2n) is 9.48. The van der Waals surface area contributed by atoms with Crippen LogP contribution < -0.4 is 19.7 Å². The van der Waals surface area contributed by atoms with Crippen LogP contribution in [0.1, 0.15) is 41.6 Å². The molecule has 40 heavy (non-hydrogen) atoms. The summed E-state index contributed by atoms with van der Waals surface area (Å²) in [5.74, 6) is 0.253. The normalized spacial score (nSPS) is 16.5. The minimum atomic E-state index is -3.30. The Balaban J connectivity index is 1.24. The van der Waals surface area contributed by atoms with Crippen LogP contribution in [0, 0.1) is 0 Å². The van der Waals surface area contributed by atoms with E-state index in [-0.39, 0.29) is 41.8 Å². The predicted molar refractivity (Wildman–Crippen MR) is 157 cm³/mol. The number of anilines is 3. The molecule has 2 N–H and O–H groups in total. The van der Waals surface area contributed by atoms with Gasteiger partial charge >= 0.3 is 0 Å². The Morgan fingerprint density at radius 2 is 1.80 bits per heavy atom. The molecule has 2 aliphatic heterocycles. The molecule has 14 heteroatoms. The molecule has 212 valence electrons. The molecule has 1 aromatic heterocycles. The van der Waals surface area contributed by atoms with E-state index in [2.05, 4.69) is 20.0 Å². The summed E-state index contributed by atoms with van der Waals surface area (Å²) < 4.78 is 32.4. The summed E-state index contributed by atoms with van der Waals surface area (Å²) in [5.41, 5.74) is 2.24. The van der Waals surface area contributed by atoms with Crippen LogP contribution >= 0.6 is 34.8 Å². The first-order chi connectivity index (χ1) is 19.1. The number of nitrogens with one attached hydrogen (secondary N) is 2. The maximum atomic E-state index is 13.1. The minimum Gasteiger partial charge on any atom is -0.455 e. The van der Waals surface area contributed by atoms with Gasteiger partial charge in [-0.05, 0) is 61.7 Å². The zero-order chi connectivity index (χ0) is 28.4. The lowest BCUT2D eigenvalue weighted by molar-refractivity contribution is 0.0932. The molecular weight excluding hydrogens is 599 g/mol. The predicted octanol–water partition coefficient (Wildman–Crippen LogP) is 5.25. The number of fused-ring (bicyclic) bond motifs is 1. The third-order valence-corrected chi connectivity index (χ3v) is 9.14. The number of piperidine rings is 1. The lowest BCUT2D eigenvalue weighted by atomic mass is 9.89.